The highest BCUT2D eigenvalue weighted by atomic mass is 16.1. The lowest BCUT2D eigenvalue weighted by atomic mass is 10.1. The van der Waals surface area contributed by atoms with Gasteiger partial charge in [-0.3, -0.25) is 9.69 Å². The molecule has 0 aliphatic carbocycles. The van der Waals surface area contributed by atoms with Crippen LogP contribution in [0.4, 0.5) is 5.82 Å². The van der Waals surface area contributed by atoms with Gasteiger partial charge in [0, 0.05) is 31.4 Å². The number of anilines is 1. The zero-order valence-electron chi connectivity index (χ0n) is 11.7. The Kier molecular flexibility index (Phi) is 3.27. The number of pyridine rings is 1. The summed E-state index contributed by atoms with van der Waals surface area (Å²) in [5.41, 5.74) is 0.751. The SMILES string of the molecule is CC(=O)c1cccnc1N1CC2CCCN2CC1C. The summed E-state index contributed by atoms with van der Waals surface area (Å²) in [6.45, 7) is 7.16. The Hall–Kier alpha value is -1.42. The normalized spacial score (nSPS) is 27.4. The summed E-state index contributed by atoms with van der Waals surface area (Å²) in [6.07, 6.45) is 4.36. The molecule has 2 fully saturated rings. The highest BCUT2D eigenvalue weighted by Crippen LogP contribution is 2.29. The van der Waals surface area contributed by atoms with Crippen LogP contribution in [0.15, 0.2) is 18.3 Å². The first-order valence-corrected chi connectivity index (χ1v) is 7.13. The van der Waals surface area contributed by atoms with Gasteiger partial charge in [-0.1, -0.05) is 0 Å². The van der Waals surface area contributed by atoms with E-state index < -0.39 is 0 Å². The minimum atomic E-state index is 0.101. The standard InChI is InChI=1S/C15H21N3O/c1-11-9-17-8-4-5-13(17)10-18(11)15-14(12(2)19)6-3-7-16-15/h3,6-7,11,13H,4-5,8-10H2,1-2H3. The molecule has 0 bridgehead atoms. The van der Waals surface area contributed by atoms with Gasteiger partial charge in [0.15, 0.2) is 5.78 Å². The molecule has 1 aromatic heterocycles. The molecule has 2 unspecified atom stereocenters. The average Bonchev–Trinajstić information content (AvgIpc) is 2.84. The molecule has 102 valence electrons. The number of piperazine rings is 1. The van der Waals surface area contributed by atoms with Crippen LogP contribution in [0.1, 0.15) is 37.0 Å². The van der Waals surface area contributed by atoms with E-state index in [1.54, 1.807) is 13.1 Å². The number of nitrogens with zero attached hydrogens (tertiary/aromatic N) is 3. The highest BCUT2D eigenvalue weighted by molar-refractivity contribution is 5.98. The van der Waals surface area contributed by atoms with Gasteiger partial charge < -0.3 is 4.90 Å². The second kappa shape index (κ2) is 4.93. The zero-order chi connectivity index (χ0) is 13.4. The Morgan fingerprint density at radius 2 is 2.26 bits per heavy atom. The third-order valence-electron chi connectivity index (χ3n) is 4.38. The second-order valence-electron chi connectivity index (χ2n) is 5.72. The lowest BCUT2D eigenvalue weighted by Gasteiger charge is -2.43. The van der Waals surface area contributed by atoms with Gasteiger partial charge in [0.05, 0.1) is 5.56 Å². The summed E-state index contributed by atoms with van der Waals surface area (Å²) in [5.74, 6) is 0.971. The van der Waals surface area contributed by atoms with E-state index in [9.17, 15) is 4.79 Å². The smallest absolute Gasteiger partial charge is 0.163 e. The fraction of sp³-hybridized carbons (Fsp3) is 0.600. The maximum atomic E-state index is 11.8. The van der Waals surface area contributed by atoms with Crippen LogP contribution in [0, 0.1) is 0 Å². The minimum Gasteiger partial charge on any atom is -0.350 e. The summed E-state index contributed by atoms with van der Waals surface area (Å²) in [7, 11) is 0. The third-order valence-corrected chi connectivity index (χ3v) is 4.38. The first-order chi connectivity index (χ1) is 9.16. The maximum Gasteiger partial charge on any atom is 0.163 e. The van der Waals surface area contributed by atoms with Crippen LogP contribution in [0.25, 0.3) is 0 Å². The molecule has 1 aromatic rings. The van der Waals surface area contributed by atoms with E-state index in [2.05, 4.69) is 21.7 Å². The number of hydrogen-bond acceptors (Lipinski definition) is 4. The molecule has 0 aromatic carbocycles. The Morgan fingerprint density at radius 1 is 1.42 bits per heavy atom. The molecule has 3 heterocycles. The second-order valence-corrected chi connectivity index (χ2v) is 5.72. The number of Topliss-reactive ketones (excluding diaryl/α,β-unsaturated/α-hetero) is 1. The molecule has 19 heavy (non-hydrogen) atoms. The van der Waals surface area contributed by atoms with Crippen LogP contribution >= 0.6 is 0 Å². The van der Waals surface area contributed by atoms with Gasteiger partial charge >= 0.3 is 0 Å². The monoisotopic (exact) mass is 259 g/mol. The fourth-order valence-electron chi connectivity index (χ4n) is 3.38. The van der Waals surface area contributed by atoms with Gasteiger partial charge in [0.1, 0.15) is 5.82 Å². The van der Waals surface area contributed by atoms with Crippen LogP contribution in [-0.2, 0) is 0 Å². The van der Waals surface area contributed by atoms with Crippen molar-refractivity contribution in [2.45, 2.75) is 38.8 Å². The quantitative estimate of drug-likeness (QED) is 0.761. The first-order valence-electron chi connectivity index (χ1n) is 7.13. The molecule has 0 saturated carbocycles. The fourth-order valence-corrected chi connectivity index (χ4v) is 3.38. The van der Waals surface area contributed by atoms with Crippen molar-refractivity contribution >= 4 is 11.6 Å². The van der Waals surface area contributed by atoms with Gasteiger partial charge in [-0.15, -0.1) is 0 Å². The number of rotatable bonds is 2. The topological polar surface area (TPSA) is 36.4 Å². The van der Waals surface area contributed by atoms with Crippen molar-refractivity contribution in [2.24, 2.45) is 0 Å². The van der Waals surface area contributed by atoms with Crippen LogP contribution in [0.5, 0.6) is 0 Å². The molecule has 4 heteroatoms. The molecule has 2 aliphatic heterocycles. The number of ketones is 1. The van der Waals surface area contributed by atoms with Crippen LogP contribution in [0.3, 0.4) is 0 Å². The Labute approximate surface area is 114 Å². The Morgan fingerprint density at radius 3 is 3.05 bits per heavy atom. The maximum absolute atomic E-state index is 11.8. The number of carbonyl (C=O) groups is 1. The molecular formula is C15H21N3O. The van der Waals surface area contributed by atoms with Crippen LogP contribution in [0.2, 0.25) is 0 Å². The van der Waals surface area contributed by atoms with E-state index in [1.807, 2.05) is 12.1 Å². The Bertz CT molecular complexity index is 488. The molecule has 2 saturated heterocycles. The highest BCUT2D eigenvalue weighted by Gasteiger charge is 2.35. The Balaban J connectivity index is 1.91. The molecule has 2 atom stereocenters. The molecule has 0 amide bonds. The van der Waals surface area contributed by atoms with E-state index in [0.29, 0.717) is 12.1 Å². The van der Waals surface area contributed by atoms with Crippen LogP contribution in [-0.4, -0.2) is 47.4 Å². The zero-order valence-corrected chi connectivity index (χ0v) is 11.7. The van der Waals surface area contributed by atoms with Crippen molar-refractivity contribution in [3.05, 3.63) is 23.9 Å². The molecule has 0 N–H and O–H groups in total. The predicted octanol–water partition coefficient (Wildman–Crippen LogP) is 1.96. The van der Waals surface area contributed by atoms with Gasteiger partial charge in [0.2, 0.25) is 0 Å². The number of carbonyl (C=O) groups excluding carboxylic acids is 1. The van der Waals surface area contributed by atoms with E-state index in [1.165, 1.54) is 19.4 Å². The van der Waals surface area contributed by atoms with E-state index in [-0.39, 0.29) is 5.78 Å². The first kappa shape index (κ1) is 12.6. The molecule has 0 spiro atoms. The lowest BCUT2D eigenvalue weighted by molar-refractivity contribution is 0.101. The molecule has 0 radical (unpaired) electrons. The third kappa shape index (κ3) is 2.25. The minimum absolute atomic E-state index is 0.101. The average molecular weight is 259 g/mol. The van der Waals surface area contributed by atoms with Crippen molar-refractivity contribution in [1.82, 2.24) is 9.88 Å². The number of aromatic nitrogens is 1. The van der Waals surface area contributed by atoms with E-state index in [0.717, 1.165) is 24.5 Å². The van der Waals surface area contributed by atoms with E-state index in [4.69, 9.17) is 0 Å². The molecule has 2 aliphatic rings. The largest absolute Gasteiger partial charge is 0.350 e. The van der Waals surface area contributed by atoms with Crippen molar-refractivity contribution < 1.29 is 4.79 Å². The van der Waals surface area contributed by atoms with Crippen molar-refractivity contribution in [1.29, 1.82) is 0 Å². The number of fused-ring (bicyclic) bond motifs is 1. The summed E-state index contributed by atoms with van der Waals surface area (Å²) in [5, 5.41) is 0. The van der Waals surface area contributed by atoms with Gasteiger partial charge in [-0.05, 0) is 45.4 Å². The number of hydrogen-bond donors (Lipinski definition) is 0. The van der Waals surface area contributed by atoms with Gasteiger partial charge in [0.25, 0.3) is 0 Å². The van der Waals surface area contributed by atoms with Crippen molar-refractivity contribution in [3.8, 4) is 0 Å². The molecule has 3 rings (SSSR count). The van der Waals surface area contributed by atoms with Gasteiger partial charge in [-0.2, -0.15) is 0 Å². The van der Waals surface area contributed by atoms with Gasteiger partial charge in [-0.25, -0.2) is 4.98 Å². The summed E-state index contributed by atoms with van der Waals surface area (Å²) < 4.78 is 0. The van der Waals surface area contributed by atoms with Crippen molar-refractivity contribution in [2.75, 3.05) is 24.5 Å². The summed E-state index contributed by atoms with van der Waals surface area (Å²) >= 11 is 0. The summed E-state index contributed by atoms with van der Waals surface area (Å²) in [4.78, 5) is 21.1. The summed E-state index contributed by atoms with van der Waals surface area (Å²) in [6, 6.07) is 4.79. The van der Waals surface area contributed by atoms with E-state index >= 15 is 0 Å². The predicted molar refractivity (Wildman–Crippen MR) is 75.6 cm³/mol. The molecule has 4 nitrogen and oxygen atoms in total. The van der Waals surface area contributed by atoms with Crippen LogP contribution < -0.4 is 4.90 Å². The lowest BCUT2D eigenvalue weighted by Crippen LogP contribution is -2.55. The molecular weight excluding hydrogens is 238 g/mol. The van der Waals surface area contributed by atoms with Crippen molar-refractivity contribution in [3.63, 3.8) is 0 Å².